The Bertz CT molecular complexity index is 410. The zero-order valence-electron chi connectivity index (χ0n) is 8.24. The van der Waals surface area contributed by atoms with Crippen LogP contribution in [0.4, 0.5) is 0 Å². The highest BCUT2D eigenvalue weighted by Crippen LogP contribution is 2.19. The highest BCUT2D eigenvalue weighted by molar-refractivity contribution is 5.85. The normalized spacial score (nSPS) is 10.6. The fourth-order valence-corrected chi connectivity index (χ4v) is 1.80. The predicted molar refractivity (Wildman–Crippen MR) is 61.2 cm³/mol. The molecular formula is C14H14. The number of hydrogen-bond acceptors (Lipinski definition) is 0. The van der Waals surface area contributed by atoms with E-state index in [0.717, 1.165) is 19.3 Å². The molecule has 0 unspecified atom stereocenters. The molecule has 0 amide bonds. The number of benzene rings is 2. The summed E-state index contributed by atoms with van der Waals surface area (Å²) in [6.07, 6.45) is 2.91. The van der Waals surface area contributed by atoms with E-state index in [9.17, 15) is 0 Å². The van der Waals surface area contributed by atoms with Crippen molar-refractivity contribution in [2.45, 2.75) is 19.3 Å². The minimum absolute atomic E-state index is 0.767. The van der Waals surface area contributed by atoms with Gasteiger partial charge >= 0.3 is 0 Å². The second kappa shape index (κ2) is 4.28. The largest absolute Gasteiger partial charge is 0.0616 e. The SMILES string of the molecule is [CH]CCCc1cccc2ccccc12. The van der Waals surface area contributed by atoms with E-state index in [-0.39, 0.29) is 0 Å². The smallest absolute Gasteiger partial charge is 0.0152 e. The molecule has 0 saturated carbocycles. The Morgan fingerprint density at radius 2 is 1.71 bits per heavy atom. The minimum atomic E-state index is 0.767. The van der Waals surface area contributed by atoms with Gasteiger partial charge < -0.3 is 0 Å². The maximum atomic E-state index is 5.52. The number of hydrogen-bond donors (Lipinski definition) is 0. The van der Waals surface area contributed by atoms with Gasteiger partial charge in [0.05, 0.1) is 0 Å². The van der Waals surface area contributed by atoms with E-state index in [4.69, 9.17) is 6.92 Å². The molecule has 0 aliphatic rings. The molecule has 0 heteroatoms. The van der Waals surface area contributed by atoms with Gasteiger partial charge in [-0.05, 0) is 42.5 Å². The first-order valence-corrected chi connectivity index (χ1v) is 5.08. The Morgan fingerprint density at radius 1 is 0.929 bits per heavy atom. The van der Waals surface area contributed by atoms with E-state index >= 15 is 0 Å². The molecule has 0 nitrogen and oxygen atoms in total. The molecule has 14 heavy (non-hydrogen) atoms. The van der Waals surface area contributed by atoms with Crippen LogP contribution in [0.5, 0.6) is 0 Å². The second-order valence-electron chi connectivity index (χ2n) is 3.53. The maximum absolute atomic E-state index is 5.52. The van der Waals surface area contributed by atoms with Crippen molar-refractivity contribution in [3.8, 4) is 0 Å². The highest BCUT2D eigenvalue weighted by atomic mass is 14.0. The molecule has 0 atom stereocenters. The Balaban J connectivity index is 2.43. The third-order valence-electron chi connectivity index (χ3n) is 2.53. The maximum Gasteiger partial charge on any atom is -0.0152 e. The van der Waals surface area contributed by atoms with Crippen molar-refractivity contribution in [3.63, 3.8) is 0 Å². The van der Waals surface area contributed by atoms with E-state index in [0.29, 0.717) is 0 Å². The highest BCUT2D eigenvalue weighted by Gasteiger charge is 1.98. The van der Waals surface area contributed by atoms with Crippen molar-refractivity contribution in [2.24, 2.45) is 0 Å². The predicted octanol–water partition coefficient (Wildman–Crippen LogP) is 3.87. The third kappa shape index (κ3) is 1.79. The zero-order chi connectivity index (χ0) is 9.80. The lowest BCUT2D eigenvalue weighted by Gasteiger charge is -2.04. The van der Waals surface area contributed by atoms with Crippen LogP contribution in [0.3, 0.4) is 0 Å². The molecule has 0 saturated heterocycles. The van der Waals surface area contributed by atoms with Gasteiger partial charge in [0.2, 0.25) is 0 Å². The van der Waals surface area contributed by atoms with E-state index in [1.807, 2.05) is 0 Å². The summed E-state index contributed by atoms with van der Waals surface area (Å²) in [7, 11) is 0. The number of rotatable bonds is 3. The van der Waals surface area contributed by atoms with Gasteiger partial charge in [0.25, 0.3) is 0 Å². The van der Waals surface area contributed by atoms with Crippen molar-refractivity contribution < 1.29 is 0 Å². The molecular weight excluding hydrogens is 168 g/mol. The van der Waals surface area contributed by atoms with Gasteiger partial charge in [-0.2, -0.15) is 0 Å². The first-order valence-electron chi connectivity index (χ1n) is 5.08. The number of fused-ring (bicyclic) bond motifs is 1. The topological polar surface area (TPSA) is 0 Å². The fourth-order valence-electron chi connectivity index (χ4n) is 1.80. The zero-order valence-corrected chi connectivity index (χ0v) is 8.24. The molecule has 0 aliphatic heterocycles. The Kier molecular flexibility index (Phi) is 2.83. The summed E-state index contributed by atoms with van der Waals surface area (Å²) >= 11 is 0. The van der Waals surface area contributed by atoms with Crippen LogP contribution in [0.2, 0.25) is 0 Å². The molecule has 0 bridgehead atoms. The van der Waals surface area contributed by atoms with Crippen LogP contribution in [-0.4, -0.2) is 0 Å². The van der Waals surface area contributed by atoms with Gasteiger partial charge in [0.1, 0.15) is 0 Å². The van der Waals surface area contributed by atoms with Gasteiger partial charge in [0, 0.05) is 0 Å². The van der Waals surface area contributed by atoms with Gasteiger partial charge in [-0.25, -0.2) is 0 Å². The van der Waals surface area contributed by atoms with Crippen LogP contribution >= 0.6 is 0 Å². The summed E-state index contributed by atoms with van der Waals surface area (Å²) in [5.41, 5.74) is 1.41. The average molecular weight is 182 g/mol. The van der Waals surface area contributed by atoms with Gasteiger partial charge in [0.15, 0.2) is 0 Å². The molecule has 0 fully saturated rings. The molecule has 70 valence electrons. The lowest BCUT2D eigenvalue weighted by molar-refractivity contribution is 0.846. The Labute approximate surface area is 85.6 Å². The molecule has 2 radical (unpaired) electrons. The molecule has 2 aromatic rings. The van der Waals surface area contributed by atoms with Crippen molar-refractivity contribution in [1.82, 2.24) is 0 Å². The van der Waals surface area contributed by atoms with Crippen LogP contribution < -0.4 is 0 Å². The fraction of sp³-hybridized carbons (Fsp3) is 0.214. The molecule has 0 aromatic heterocycles. The minimum Gasteiger partial charge on any atom is -0.0616 e. The summed E-state index contributed by atoms with van der Waals surface area (Å²) in [5, 5.41) is 2.69. The second-order valence-corrected chi connectivity index (χ2v) is 3.53. The monoisotopic (exact) mass is 182 g/mol. The standard InChI is InChI=1S/C14H14/c1-2-3-7-12-9-6-10-13-8-4-5-11-14(12)13/h1,4-6,8-11H,2-3,7H2. The summed E-state index contributed by atoms with van der Waals surface area (Å²) in [6.45, 7) is 5.52. The van der Waals surface area contributed by atoms with Crippen LogP contribution in [0.15, 0.2) is 42.5 Å². The summed E-state index contributed by atoms with van der Waals surface area (Å²) in [5.74, 6) is 0. The first kappa shape index (κ1) is 9.26. The average Bonchev–Trinajstić information content (AvgIpc) is 2.26. The van der Waals surface area contributed by atoms with E-state index < -0.39 is 0 Å². The van der Waals surface area contributed by atoms with E-state index in [1.165, 1.54) is 16.3 Å². The molecule has 0 heterocycles. The van der Waals surface area contributed by atoms with Crippen molar-refractivity contribution in [3.05, 3.63) is 55.0 Å². The van der Waals surface area contributed by atoms with Crippen LogP contribution in [0.1, 0.15) is 18.4 Å². The molecule has 0 spiro atoms. The molecule has 0 aliphatic carbocycles. The Hall–Kier alpha value is -1.30. The van der Waals surface area contributed by atoms with Gasteiger partial charge in [-0.3, -0.25) is 0 Å². The lowest BCUT2D eigenvalue weighted by atomic mass is 10.0. The van der Waals surface area contributed by atoms with Crippen LogP contribution in [0, 0.1) is 6.92 Å². The first-order chi connectivity index (χ1) is 6.92. The molecule has 2 rings (SSSR count). The van der Waals surface area contributed by atoms with Crippen molar-refractivity contribution >= 4 is 10.8 Å². The number of aryl methyl sites for hydroxylation is 1. The summed E-state index contributed by atoms with van der Waals surface area (Å²) in [4.78, 5) is 0. The summed E-state index contributed by atoms with van der Waals surface area (Å²) in [6, 6.07) is 15.0. The van der Waals surface area contributed by atoms with E-state index in [2.05, 4.69) is 42.5 Å². The third-order valence-corrected chi connectivity index (χ3v) is 2.53. The van der Waals surface area contributed by atoms with Crippen LogP contribution in [0.25, 0.3) is 10.8 Å². The van der Waals surface area contributed by atoms with Gasteiger partial charge in [-0.15, -0.1) is 0 Å². The Morgan fingerprint density at radius 3 is 2.57 bits per heavy atom. The van der Waals surface area contributed by atoms with Crippen molar-refractivity contribution in [2.75, 3.05) is 0 Å². The summed E-state index contributed by atoms with van der Waals surface area (Å²) < 4.78 is 0. The van der Waals surface area contributed by atoms with Gasteiger partial charge in [-0.1, -0.05) is 42.5 Å². The van der Waals surface area contributed by atoms with Crippen LogP contribution in [-0.2, 0) is 6.42 Å². The number of unbranched alkanes of at least 4 members (excludes halogenated alkanes) is 1. The van der Waals surface area contributed by atoms with E-state index in [1.54, 1.807) is 0 Å². The lowest BCUT2D eigenvalue weighted by Crippen LogP contribution is -1.86. The molecule has 2 aromatic carbocycles. The van der Waals surface area contributed by atoms with Crippen molar-refractivity contribution in [1.29, 1.82) is 0 Å². The quantitative estimate of drug-likeness (QED) is 0.676. The molecule has 0 N–H and O–H groups in total.